The Morgan fingerprint density at radius 2 is 1.85 bits per heavy atom. The number of halogens is 1. The SMILES string of the molecule is Cc1ccc(CNC2CC(c3ccc(F)cc3)C2)nn1. The Bertz CT molecular complexity index is 557. The average Bonchev–Trinajstić information content (AvgIpc) is 2.41. The van der Waals surface area contributed by atoms with Gasteiger partial charge in [-0.05, 0) is 55.5 Å². The van der Waals surface area contributed by atoms with E-state index in [1.54, 1.807) is 0 Å². The zero-order valence-corrected chi connectivity index (χ0v) is 11.5. The molecule has 1 heterocycles. The van der Waals surface area contributed by atoms with E-state index in [-0.39, 0.29) is 5.82 Å². The molecule has 3 nitrogen and oxygen atoms in total. The molecule has 0 radical (unpaired) electrons. The van der Waals surface area contributed by atoms with Gasteiger partial charge < -0.3 is 5.32 Å². The molecule has 1 aliphatic rings. The second-order valence-electron chi connectivity index (χ2n) is 5.46. The van der Waals surface area contributed by atoms with Gasteiger partial charge in [-0.1, -0.05) is 12.1 Å². The van der Waals surface area contributed by atoms with Crippen LogP contribution in [0.25, 0.3) is 0 Å². The van der Waals surface area contributed by atoms with E-state index in [1.165, 1.54) is 17.7 Å². The number of aryl methyl sites for hydroxylation is 1. The maximum atomic E-state index is 12.9. The molecule has 0 bridgehead atoms. The lowest BCUT2D eigenvalue weighted by molar-refractivity contribution is 0.288. The number of hydrogen-bond acceptors (Lipinski definition) is 3. The Labute approximate surface area is 118 Å². The molecule has 2 aromatic rings. The minimum absolute atomic E-state index is 0.166. The summed E-state index contributed by atoms with van der Waals surface area (Å²) in [4.78, 5) is 0. The van der Waals surface area contributed by atoms with Gasteiger partial charge in [-0.25, -0.2) is 4.39 Å². The maximum absolute atomic E-state index is 12.9. The molecule has 1 aromatic heterocycles. The Balaban J connectivity index is 1.46. The topological polar surface area (TPSA) is 37.8 Å². The molecule has 0 amide bonds. The highest BCUT2D eigenvalue weighted by atomic mass is 19.1. The molecule has 4 heteroatoms. The van der Waals surface area contributed by atoms with Crippen molar-refractivity contribution in [1.29, 1.82) is 0 Å². The second-order valence-corrected chi connectivity index (χ2v) is 5.46. The van der Waals surface area contributed by atoms with Crippen molar-refractivity contribution in [1.82, 2.24) is 15.5 Å². The van der Waals surface area contributed by atoms with Crippen LogP contribution >= 0.6 is 0 Å². The molecule has 20 heavy (non-hydrogen) atoms. The highest BCUT2D eigenvalue weighted by Gasteiger charge is 2.29. The van der Waals surface area contributed by atoms with E-state index in [0.717, 1.165) is 30.8 Å². The first kappa shape index (κ1) is 13.2. The summed E-state index contributed by atoms with van der Waals surface area (Å²) >= 11 is 0. The predicted molar refractivity (Wildman–Crippen MR) is 75.8 cm³/mol. The lowest BCUT2D eigenvalue weighted by atomic mass is 9.76. The van der Waals surface area contributed by atoms with Crippen LogP contribution in [0.3, 0.4) is 0 Å². The van der Waals surface area contributed by atoms with Crippen LogP contribution < -0.4 is 5.32 Å². The smallest absolute Gasteiger partial charge is 0.123 e. The number of nitrogens with one attached hydrogen (secondary N) is 1. The third-order valence-corrected chi connectivity index (χ3v) is 3.90. The van der Waals surface area contributed by atoms with E-state index in [2.05, 4.69) is 15.5 Å². The summed E-state index contributed by atoms with van der Waals surface area (Å²) in [5, 5.41) is 11.7. The van der Waals surface area contributed by atoms with Crippen LogP contribution in [-0.2, 0) is 6.54 Å². The van der Waals surface area contributed by atoms with Gasteiger partial charge in [-0.2, -0.15) is 10.2 Å². The summed E-state index contributed by atoms with van der Waals surface area (Å²) in [6, 6.07) is 11.4. The molecule has 1 saturated carbocycles. The molecule has 1 aliphatic carbocycles. The monoisotopic (exact) mass is 271 g/mol. The van der Waals surface area contributed by atoms with Crippen molar-refractivity contribution in [2.45, 2.75) is 38.3 Å². The number of benzene rings is 1. The third kappa shape index (κ3) is 3.02. The molecular weight excluding hydrogens is 253 g/mol. The first-order chi connectivity index (χ1) is 9.70. The molecule has 3 rings (SSSR count). The van der Waals surface area contributed by atoms with Crippen LogP contribution in [-0.4, -0.2) is 16.2 Å². The Morgan fingerprint density at radius 1 is 1.10 bits per heavy atom. The van der Waals surface area contributed by atoms with Crippen molar-refractivity contribution in [3.8, 4) is 0 Å². The molecule has 104 valence electrons. The van der Waals surface area contributed by atoms with E-state index in [4.69, 9.17) is 0 Å². The summed E-state index contributed by atoms with van der Waals surface area (Å²) in [6.45, 7) is 2.69. The minimum Gasteiger partial charge on any atom is -0.308 e. The third-order valence-electron chi connectivity index (χ3n) is 3.90. The molecular formula is C16H18FN3. The van der Waals surface area contributed by atoms with Crippen LogP contribution in [0.1, 0.15) is 35.7 Å². The van der Waals surface area contributed by atoms with Gasteiger partial charge in [0.2, 0.25) is 0 Å². The van der Waals surface area contributed by atoms with E-state index in [0.29, 0.717) is 12.0 Å². The van der Waals surface area contributed by atoms with Crippen LogP contribution in [0.5, 0.6) is 0 Å². The highest BCUT2D eigenvalue weighted by Crippen LogP contribution is 2.36. The van der Waals surface area contributed by atoms with Gasteiger partial charge in [-0.3, -0.25) is 0 Å². The Kier molecular flexibility index (Phi) is 3.74. The zero-order valence-electron chi connectivity index (χ0n) is 11.5. The first-order valence-electron chi connectivity index (χ1n) is 6.99. The molecule has 1 fully saturated rings. The van der Waals surface area contributed by atoms with E-state index in [9.17, 15) is 4.39 Å². The number of hydrogen-bond donors (Lipinski definition) is 1. The Morgan fingerprint density at radius 3 is 2.50 bits per heavy atom. The van der Waals surface area contributed by atoms with Crippen LogP contribution in [0, 0.1) is 12.7 Å². The lowest BCUT2D eigenvalue weighted by Crippen LogP contribution is -2.39. The van der Waals surface area contributed by atoms with Crippen LogP contribution in [0.15, 0.2) is 36.4 Å². The van der Waals surface area contributed by atoms with Gasteiger partial charge in [-0.15, -0.1) is 0 Å². The van der Waals surface area contributed by atoms with Gasteiger partial charge in [0.25, 0.3) is 0 Å². The maximum Gasteiger partial charge on any atom is 0.123 e. The predicted octanol–water partition coefficient (Wildman–Crippen LogP) is 2.96. The Hall–Kier alpha value is -1.81. The van der Waals surface area contributed by atoms with Gasteiger partial charge in [0.1, 0.15) is 5.82 Å². The summed E-state index contributed by atoms with van der Waals surface area (Å²) in [6.07, 6.45) is 2.20. The fourth-order valence-corrected chi connectivity index (χ4v) is 2.56. The van der Waals surface area contributed by atoms with E-state index in [1.807, 2.05) is 31.2 Å². The number of nitrogens with zero attached hydrogens (tertiary/aromatic N) is 2. The molecule has 0 unspecified atom stereocenters. The second kappa shape index (κ2) is 5.67. The van der Waals surface area contributed by atoms with Gasteiger partial charge in [0.15, 0.2) is 0 Å². The van der Waals surface area contributed by atoms with Crippen molar-refractivity contribution in [2.75, 3.05) is 0 Å². The van der Waals surface area contributed by atoms with Gasteiger partial charge >= 0.3 is 0 Å². The van der Waals surface area contributed by atoms with Crippen molar-refractivity contribution in [3.05, 3.63) is 59.2 Å². The number of rotatable bonds is 4. The van der Waals surface area contributed by atoms with Crippen molar-refractivity contribution < 1.29 is 4.39 Å². The average molecular weight is 271 g/mol. The zero-order chi connectivity index (χ0) is 13.9. The molecule has 0 saturated heterocycles. The molecule has 1 aromatic carbocycles. The van der Waals surface area contributed by atoms with Crippen LogP contribution in [0.2, 0.25) is 0 Å². The summed E-state index contributed by atoms with van der Waals surface area (Å²) < 4.78 is 12.9. The standard InChI is InChI=1S/C16H18FN3/c1-11-2-7-15(20-19-11)10-18-16-8-13(9-16)12-3-5-14(17)6-4-12/h2-7,13,16,18H,8-10H2,1H3. The quantitative estimate of drug-likeness (QED) is 0.929. The van der Waals surface area contributed by atoms with Crippen LogP contribution in [0.4, 0.5) is 4.39 Å². The minimum atomic E-state index is -0.166. The molecule has 0 aliphatic heterocycles. The van der Waals surface area contributed by atoms with E-state index < -0.39 is 0 Å². The van der Waals surface area contributed by atoms with Crippen molar-refractivity contribution >= 4 is 0 Å². The first-order valence-corrected chi connectivity index (χ1v) is 6.99. The normalized spacial score (nSPS) is 21.5. The highest BCUT2D eigenvalue weighted by molar-refractivity contribution is 5.23. The summed E-state index contributed by atoms with van der Waals surface area (Å²) in [5.41, 5.74) is 3.15. The fourth-order valence-electron chi connectivity index (χ4n) is 2.56. The number of aromatic nitrogens is 2. The van der Waals surface area contributed by atoms with Gasteiger partial charge in [0, 0.05) is 12.6 Å². The summed E-state index contributed by atoms with van der Waals surface area (Å²) in [5.74, 6) is 0.387. The largest absolute Gasteiger partial charge is 0.308 e. The van der Waals surface area contributed by atoms with Crippen molar-refractivity contribution in [3.63, 3.8) is 0 Å². The van der Waals surface area contributed by atoms with Crippen molar-refractivity contribution in [2.24, 2.45) is 0 Å². The fraction of sp³-hybridized carbons (Fsp3) is 0.375. The molecule has 0 atom stereocenters. The van der Waals surface area contributed by atoms with Gasteiger partial charge in [0.05, 0.1) is 11.4 Å². The molecule has 1 N–H and O–H groups in total. The summed E-state index contributed by atoms with van der Waals surface area (Å²) in [7, 11) is 0. The van der Waals surface area contributed by atoms with E-state index >= 15 is 0 Å². The molecule has 0 spiro atoms. The lowest BCUT2D eigenvalue weighted by Gasteiger charge is -2.36.